The van der Waals surface area contributed by atoms with Gasteiger partial charge in [-0.05, 0) is 31.2 Å². The van der Waals surface area contributed by atoms with Crippen molar-refractivity contribution in [3.05, 3.63) is 38.3 Å². The molecular formula is C11H11Br2NO2. The molecule has 1 saturated carbocycles. The minimum absolute atomic E-state index is 0.208. The van der Waals surface area contributed by atoms with Gasteiger partial charge in [0.1, 0.15) is 0 Å². The Balaban J connectivity index is 2.21. The Hall–Kier alpha value is -0.420. The van der Waals surface area contributed by atoms with Crippen LogP contribution in [0.1, 0.15) is 18.4 Å². The highest BCUT2D eigenvalue weighted by atomic mass is 79.9. The van der Waals surface area contributed by atoms with E-state index in [1.165, 1.54) is 12.8 Å². The fourth-order valence-corrected chi connectivity index (χ4v) is 2.94. The van der Waals surface area contributed by atoms with Crippen molar-refractivity contribution in [2.45, 2.75) is 24.1 Å². The quantitative estimate of drug-likeness (QED) is 0.467. The molecule has 86 valence electrons. The van der Waals surface area contributed by atoms with Gasteiger partial charge < -0.3 is 0 Å². The standard InChI is InChI=1S/C11H11Br2NO2/c12-9-4-3-8(11(6-9)14(15)16)5-10(13)7-1-2-7/h3-4,6-7,10H,1-2,5H2. The predicted octanol–water partition coefficient (Wildman–Crippen LogP) is 4.07. The molecule has 0 saturated heterocycles. The molecule has 0 bridgehead atoms. The number of halogens is 2. The van der Waals surface area contributed by atoms with Gasteiger partial charge in [0.05, 0.1) is 4.92 Å². The lowest BCUT2D eigenvalue weighted by Gasteiger charge is -2.08. The average Bonchev–Trinajstić information content (AvgIpc) is 3.03. The van der Waals surface area contributed by atoms with Crippen LogP contribution >= 0.6 is 31.9 Å². The van der Waals surface area contributed by atoms with Crippen LogP contribution in [0.5, 0.6) is 0 Å². The Kier molecular flexibility index (Phi) is 3.64. The van der Waals surface area contributed by atoms with Gasteiger partial charge in [0, 0.05) is 20.9 Å². The summed E-state index contributed by atoms with van der Waals surface area (Å²) in [7, 11) is 0. The molecule has 2 rings (SSSR count). The molecule has 1 aliphatic rings. The summed E-state index contributed by atoms with van der Waals surface area (Å²) in [6.45, 7) is 0. The highest BCUT2D eigenvalue weighted by molar-refractivity contribution is 9.10. The first kappa shape index (κ1) is 12.0. The lowest BCUT2D eigenvalue weighted by Crippen LogP contribution is -2.07. The van der Waals surface area contributed by atoms with Crippen LogP contribution in [-0.2, 0) is 6.42 Å². The van der Waals surface area contributed by atoms with Gasteiger partial charge in [0.2, 0.25) is 0 Å². The largest absolute Gasteiger partial charge is 0.273 e. The summed E-state index contributed by atoms with van der Waals surface area (Å²) in [5, 5.41) is 10.9. The third-order valence-corrected chi connectivity index (χ3v) is 4.36. The van der Waals surface area contributed by atoms with Crippen LogP contribution in [-0.4, -0.2) is 9.75 Å². The molecule has 5 heteroatoms. The van der Waals surface area contributed by atoms with Crippen molar-refractivity contribution < 1.29 is 4.92 Å². The summed E-state index contributed by atoms with van der Waals surface area (Å²) < 4.78 is 0.750. The first-order valence-electron chi connectivity index (χ1n) is 5.15. The lowest BCUT2D eigenvalue weighted by atomic mass is 10.1. The van der Waals surface area contributed by atoms with E-state index < -0.39 is 0 Å². The first-order valence-corrected chi connectivity index (χ1v) is 6.85. The summed E-state index contributed by atoms with van der Waals surface area (Å²) in [4.78, 5) is 11.0. The van der Waals surface area contributed by atoms with Crippen molar-refractivity contribution in [3.63, 3.8) is 0 Å². The van der Waals surface area contributed by atoms with E-state index in [-0.39, 0.29) is 10.6 Å². The zero-order chi connectivity index (χ0) is 11.7. The maximum absolute atomic E-state index is 10.9. The van der Waals surface area contributed by atoms with Crippen molar-refractivity contribution in [2.75, 3.05) is 0 Å². The minimum atomic E-state index is -0.313. The van der Waals surface area contributed by atoms with E-state index in [1.54, 1.807) is 6.07 Å². The maximum atomic E-state index is 10.9. The van der Waals surface area contributed by atoms with E-state index in [0.717, 1.165) is 16.5 Å². The number of benzene rings is 1. The summed E-state index contributed by atoms with van der Waals surface area (Å²) >= 11 is 6.86. The average molecular weight is 349 g/mol. The van der Waals surface area contributed by atoms with Gasteiger partial charge >= 0.3 is 0 Å². The molecule has 1 aromatic rings. The second-order valence-corrected chi connectivity index (χ2v) is 6.18. The summed E-state index contributed by atoms with van der Waals surface area (Å²) in [5.74, 6) is 0.697. The zero-order valence-electron chi connectivity index (χ0n) is 8.53. The number of alkyl halides is 1. The molecule has 0 aromatic heterocycles. The Morgan fingerprint density at radius 3 is 2.75 bits per heavy atom. The van der Waals surface area contributed by atoms with Crippen molar-refractivity contribution >= 4 is 37.5 Å². The smallest absolute Gasteiger partial charge is 0.258 e. The van der Waals surface area contributed by atoms with E-state index in [2.05, 4.69) is 31.9 Å². The van der Waals surface area contributed by atoms with Gasteiger partial charge in [-0.15, -0.1) is 0 Å². The van der Waals surface area contributed by atoms with Gasteiger partial charge in [-0.1, -0.05) is 37.9 Å². The zero-order valence-corrected chi connectivity index (χ0v) is 11.7. The van der Waals surface area contributed by atoms with Crippen LogP contribution < -0.4 is 0 Å². The topological polar surface area (TPSA) is 43.1 Å². The summed E-state index contributed by atoms with van der Waals surface area (Å²) in [5.41, 5.74) is 1.02. The van der Waals surface area contributed by atoms with Crippen LogP contribution in [0.2, 0.25) is 0 Å². The molecule has 16 heavy (non-hydrogen) atoms. The number of hydrogen-bond acceptors (Lipinski definition) is 2. The number of nitrogens with zero attached hydrogens (tertiary/aromatic N) is 1. The van der Waals surface area contributed by atoms with Crippen LogP contribution in [0, 0.1) is 16.0 Å². The van der Waals surface area contributed by atoms with E-state index in [0.29, 0.717) is 10.7 Å². The van der Waals surface area contributed by atoms with Gasteiger partial charge in [-0.2, -0.15) is 0 Å². The van der Waals surface area contributed by atoms with Crippen molar-refractivity contribution in [3.8, 4) is 0 Å². The van der Waals surface area contributed by atoms with Gasteiger partial charge in [-0.25, -0.2) is 0 Å². The second-order valence-electron chi connectivity index (χ2n) is 4.09. The molecule has 0 heterocycles. The third-order valence-electron chi connectivity index (χ3n) is 2.79. The van der Waals surface area contributed by atoms with E-state index >= 15 is 0 Å². The Bertz CT molecular complexity index is 418. The Labute approximate surface area is 111 Å². The lowest BCUT2D eigenvalue weighted by molar-refractivity contribution is -0.385. The third kappa shape index (κ3) is 2.83. The van der Waals surface area contributed by atoms with Crippen molar-refractivity contribution in [1.29, 1.82) is 0 Å². The molecule has 1 aliphatic carbocycles. The van der Waals surface area contributed by atoms with E-state index in [4.69, 9.17) is 0 Å². The fraction of sp³-hybridized carbons (Fsp3) is 0.455. The molecule has 1 aromatic carbocycles. The fourth-order valence-electron chi connectivity index (χ4n) is 1.71. The highest BCUT2D eigenvalue weighted by Crippen LogP contribution is 2.39. The van der Waals surface area contributed by atoms with Gasteiger partial charge in [0.25, 0.3) is 5.69 Å². The van der Waals surface area contributed by atoms with Crippen LogP contribution in [0.4, 0.5) is 5.69 Å². The molecule has 1 atom stereocenters. The number of nitro groups is 1. The molecule has 0 spiro atoms. The second kappa shape index (κ2) is 4.84. The Morgan fingerprint density at radius 2 is 2.19 bits per heavy atom. The van der Waals surface area contributed by atoms with Gasteiger partial charge in [-0.3, -0.25) is 10.1 Å². The summed E-state index contributed by atoms with van der Waals surface area (Å²) in [6.07, 6.45) is 3.20. The Morgan fingerprint density at radius 1 is 1.50 bits per heavy atom. The van der Waals surface area contributed by atoms with Gasteiger partial charge in [0.15, 0.2) is 0 Å². The molecule has 0 N–H and O–H groups in total. The molecule has 0 radical (unpaired) electrons. The van der Waals surface area contributed by atoms with Crippen LogP contribution in [0.15, 0.2) is 22.7 Å². The molecule has 3 nitrogen and oxygen atoms in total. The van der Waals surface area contributed by atoms with Crippen molar-refractivity contribution in [1.82, 2.24) is 0 Å². The maximum Gasteiger partial charge on any atom is 0.273 e. The van der Waals surface area contributed by atoms with E-state index in [9.17, 15) is 10.1 Å². The molecule has 0 amide bonds. The first-order chi connectivity index (χ1) is 7.58. The number of hydrogen-bond donors (Lipinski definition) is 0. The SMILES string of the molecule is O=[N+]([O-])c1cc(Br)ccc1CC(Br)C1CC1. The van der Waals surface area contributed by atoms with Crippen LogP contribution in [0.25, 0.3) is 0 Å². The van der Waals surface area contributed by atoms with E-state index in [1.807, 2.05) is 12.1 Å². The molecule has 1 unspecified atom stereocenters. The van der Waals surface area contributed by atoms with Crippen LogP contribution in [0.3, 0.4) is 0 Å². The summed E-state index contributed by atoms with van der Waals surface area (Å²) in [6, 6.07) is 5.26. The highest BCUT2D eigenvalue weighted by Gasteiger charge is 2.30. The number of nitro benzene ring substituents is 1. The predicted molar refractivity (Wildman–Crippen MR) is 69.9 cm³/mol. The number of rotatable bonds is 4. The monoisotopic (exact) mass is 347 g/mol. The molecule has 0 aliphatic heterocycles. The minimum Gasteiger partial charge on any atom is -0.258 e. The molecule has 1 fully saturated rings. The van der Waals surface area contributed by atoms with Crippen molar-refractivity contribution in [2.24, 2.45) is 5.92 Å². The normalized spacial score (nSPS) is 17.1. The molecular weight excluding hydrogens is 338 g/mol.